The molecule has 0 saturated heterocycles. The summed E-state index contributed by atoms with van der Waals surface area (Å²) >= 11 is 0. The van der Waals surface area contributed by atoms with Gasteiger partial charge in [0.2, 0.25) is 5.91 Å². The number of fused-ring (bicyclic) bond motifs is 3. The van der Waals surface area contributed by atoms with Gasteiger partial charge in [-0.2, -0.15) is 0 Å². The van der Waals surface area contributed by atoms with Crippen LogP contribution in [0.25, 0.3) is 11.1 Å². The minimum Gasteiger partial charge on any atom is -0.481 e. The van der Waals surface area contributed by atoms with Crippen molar-refractivity contribution in [1.82, 2.24) is 10.6 Å². The van der Waals surface area contributed by atoms with Crippen LogP contribution in [0.2, 0.25) is 0 Å². The van der Waals surface area contributed by atoms with Crippen molar-refractivity contribution in [3.8, 4) is 11.1 Å². The Hall–Kier alpha value is -3.39. The van der Waals surface area contributed by atoms with Crippen LogP contribution < -0.4 is 10.6 Å². The molecule has 0 aromatic heterocycles. The molecule has 170 valence electrons. The first-order chi connectivity index (χ1) is 15.5. The number of carbonyl (C=O) groups excluding carboxylic acids is 2. The van der Waals surface area contributed by atoms with Gasteiger partial charge in [-0.25, -0.2) is 4.79 Å². The fourth-order valence-electron chi connectivity index (χ4n) is 3.84. The molecular formula is C24H28N2O6. The molecule has 4 N–H and O–H groups in total. The maximum Gasteiger partial charge on any atom is 0.407 e. The Labute approximate surface area is 186 Å². The van der Waals surface area contributed by atoms with Gasteiger partial charge in [-0.15, -0.1) is 0 Å². The fourth-order valence-corrected chi connectivity index (χ4v) is 3.84. The number of hydrogen-bond donors (Lipinski definition) is 4. The van der Waals surface area contributed by atoms with Gasteiger partial charge in [-0.1, -0.05) is 48.5 Å². The Kier molecular flexibility index (Phi) is 8.21. The highest BCUT2D eigenvalue weighted by atomic mass is 16.5. The van der Waals surface area contributed by atoms with E-state index in [1.165, 1.54) is 0 Å². The average molecular weight is 440 g/mol. The Morgan fingerprint density at radius 2 is 1.56 bits per heavy atom. The van der Waals surface area contributed by atoms with E-state index < -0.39 is 18.2 Å². The lowest BCUT2D eigenvalue weighted by molar-refractivity contribution is -0.137. The Morgan fingerprint density at radius 3 is 2.19 bits per heavy atom. The molecule has 32 heavy (non-hydrogen) atoms. The van der Waals surface area contributed by atoms with Crippen molar-refractivity contribution < 1.29 is 29.3 Å². The molecule has 8 heteroatoms. The molecule has 3 rings (SSSR count). The maximum atomic E-state index is 12.1. The van der Waals surface area contributed by atoms with Crippen molar-refractivity contribution >= 4 is 18.0 Å². The predicted molar refractivity (Wildman–Crippen MR) is 118 cm³/mol. The summed E-state index contributed by atoms with van der Waals surface area (Å²) in [6.45, 7) is 0.411. The van der Waals surface area contributed by atoms with Crippen molar-refractivity contribution in [1.29, 1.82) is 0 Å². The Morgan fingerprint density at radius 1 is 0.938 bits per heavy atom. The van der Waals surface area contributed by atoms with Crippen LogP contribution in [0.15, 0.2) is 48.5 Å². The van der Waals surface area contributed by atoms with Crippen LogP contribution in [-0.2, 0) is 14.3 Å². The molecular weight excluding hydrogens is 412 g/mol. The summed E-state index contributed by atoms with van der Waals surface area (Å²) in [6.07, 6.45) is -0.784. The van der Waals surface area contributed by atoms with E-state index in [9.17, 15) is 19.5 Å². The molecule has 1 aliphatic carbocycles. The topological polar surface area (TPSA) is 125 Å². The van der Waals surface area contributed by atoms with Gasteiger partial charge in [0.05, 0.1) is 12.5 Å². The van der Waals surface area contributed by atoms with Crippen LogP contribution in [0.1, 0.15) is 42.7 Å². The number of ether oxygens (including phenoxy) is 1. The highest BCUT2D eigenvalue weighted by molar-refractivity contribution is 5.79. The first-order valence-corrected chi connectivity index (χ1v) is 10.7. The summed E-state index contributed by atoms with van der Waals surface area (Å²) in [5, 5.41) is 23.7. The molecule has 1 atom stereocenters. The monoisotopic (exact) mass is 440 g/mol. The largest absolute Gasteiger partial charge is 0.481 e. The summed E-state index contributed by atoms with van der Waals surface area (Å²) in [5.74, 6) is -1.28. The van der Waals surface area contributed by atoms with Gasteiger partial charge in [0.15, 0.2) is 0 Å². The lowest BCUT2D eigenvalue weighted by Gasteiger charge is -2.16. The van der Waals surface area contributed by atoms with Gasteiger partial charge in [-0.3, -0.25) is 9.59 Å². The number of nitrogens with one attached hydrogen (secondary N) is 2. The van der Waals surface area contributed by atoms with E-state index in [0.29, 0.717) is 19.4 Å². The summed E-state index contributed by atoms with van der Waals surface area (Å²) < 4.78 is 5.40. The highest BCUT2D eigenvalue weighted by Gasteiger charge is 2.29. The third kappa shape index (κ3) is 6.31. The quantitative estimate of drug-likeness (QED) is 0.398. The zero-order valence-electron chi connectivity index (χ0n) is 17.8. The smallest absolute Gasteiger partial charge is 0.407 e. The number of amides is 2. The molecule has 8 nitrogen and oxygen atoms in total. The molecule has 0 saturated carbocycles. The van der Waals surface area contributed by atoms with Gasteiger partial charge in [0, 0.05) is 25.4 Å². The second-order valence-electron chi connectivity index (χ2n) is 7.77. The zero-order valence-corrected chi connectivity index (χ0v) is 17.8. The number of aliphatic carboxylic acids is 1. The van der Waals surface area contributed by atoms with Gasteiger partial charge in [-0.05, 0) is 35.1 Å². The minimum atomic E-state index is -1.05. The molecule has 0 radical (unpaired) electrons. The van der Waals surface area contributed by atoms with Crippen molar-refractivity contribution in [2.75, 3.05) is 19.7 Å². The van der Waals surface area contributed by atoms with E-state index in [1.54, 1.807) is 0 Å². The number of carbonyl (C=O) groups is 3. The highest BCUT2D eigenvalue weighted by Crippen LogP contribution is 2.44. The minimum absolute atomic E-state index is 0.0509. The summed E-state index contributed by atoms with van der Waals surface area (Å²) in [4.78, 5) is 34.4. The third-order valence-corrected chi connectivity index (χ3v) is 5.39. The van der Waals surface area contributed by atoms with Crippen LogP contribution in [0.5, 0.6) is 0 Å². The second-order valence-corrected chi connectivity index (χ2v) is 7.77. The fraction of sp³-hybridized carbons (Fsp3) is 0.375. The number of rotatable bonds is 11. The molecule has 2 amide bonds. The van der Waals surface area contributed by atoms with E-state index >= 15 is 0 Å². The molecule has 0 heterocycles. The molecule has 0 bridgehead atoms. The summed E-state index contributed by atoms with van der Waals surface area (Å²) in [5.41, 5.74) is 4.51. The van der Waals surface area contributed by atoms with Gasteiger partial charge in [0.1, 0.15) is 6.61 Å². The third-order valence-electron chi connectivity index (χ3n) is 5.39. The number of alkyl carbamates (subject to hydrolysis) is 1. The van der Waals surface area contributed by atoms with Gasteiger partial charge < -0.3 is 25.6 Å². The number of aliphatic hydroxyl groups excluding tert-OH is 1. The van der Waals surface area contributed by atoms with Crippen molar-refractivity contribution in [3.63, 3.8) is 0 Å². The maximum absolute atomic E-state index is 12.1. The van der Waals surface area contributed by atoms with Crippen LogP contribution in [0.4, 0.5) is 4.79 Å². The zero-order chi connectivity index (χ0) is 22.9. The molecule has 0 fully saturated rings. The number of benzene rings is 2. The van der Waals surface area contributed by atoms with E-state index in [4.69, 9.17) is 9.84 Å². The van der Waals surface area contributed by atoms with E-state index in [0.717, 1.165) is 22.3 Å². The van der Waals surface area contributed by atoms with Crippen molar-refractivity contribution in [2.45, 2.75) is 37.7 Å². The number of carboxylic acid groups (broad SMARTS) is 1. The lowest BCUT2D eigenvalue weighted by Crippen LogP contribution is -2.36. The van der Waals surface area contributed by atoms with E-state index in [2.05, 4.69) is 22.8 Å². The molecule has 2 aromatic carbocycles. The van der Waals surface area contributed by atoms with E-state index in [-0.39, 0.29) is 37.8 Å². The first kappa shape index (κ1) is 23.3. The standard InChI is InChI=1S/C24H28N2O6/c27-16(13-22(28)25-12-6-5-11-23(29)30)14-26-24(31)32-15-21-19-9-3-1-7-17(19)18-8-2-4-10-20(18)21/h1-4,7-10,16,21,27H,5-6,11-15H2,(H,25,28)(H,26,31)(H,29,30). The Balaban J connectivity index is 1.38. The lowest BCUT2D eigenvalue weighted by atomic mass is 9.98. The molecule has 0 spiro atoms. The predicted octanol–water partition coefficient (Wildman–Crippen LogP) is 2.65. The summed E-state index contributed by atoms with van der Waals surface area (Å²) in [6, 6.07) is 16.1. The number of hydrogen-bond acceptors (Lipinski definition) is 5. The molecule has 1 unspecified atom stereocenters. The molecule has 0 aliphatic heterocycles. The number of carboxylic acids is 1. The van der Waals surface area contributed by atoms with Crippen LogP contribution in [-0.4, -0.2) is 54.0 Å². The van der Waals surface area contributed by atoms with Crippen molar-refractivity contribution in [3.05, 3.63) is 59.7 Å². The van der Waals surface area contributed by atoms with Crippen LogP contribution in [0.3, 0.4) is 0 Å². The normalized spacial score (nSPS) is 13.0. The van der Waals surface area contributed by atoms with Crippen LogP contribution >= 0.6 is 0 Å². The number of aliphatic hydroxyl groups is 1. The average Bonchev–Trinajstić information content (AvgIpc) is 3.09. The van der Waals surface area contributed by atoms with Gasteiger partial charge in [0.25, 0.3) is 0 Å². The Bertz CT molecular complexity index is 916. The van der Waals surface area contributed by atoms with E-state index in [1.807, 2.05) is 36.4 Å². The first-order valence-electron chi connectivity index (χ1n) is 10.7. The molecule has 2 aromatic rings. The van der Waals surface area contributed by atoms with Gasteiger partial charge >= 0.3 is 12.1 Å². The second kappa shape index (κ2) is 11.3. The van der Waals surface area contributed by atoms with Crippen molar-refractivity contribution in [2.24, 2.45) is 0 Å². The summed E-state index contributed by atoms with van der Waals surface area (Å²) in [7, 11) is 0. The van der Waals surface area contributed by atoms with Crippen LogP contribution in [0, 0.1) is 0 Å². The number of unbranched alkanes of at least 4 members (excludes halogenated alkanes) is 1. The SMILES string of the molecule is O=C(O)CCCCNC(=O)CC(O)CNC(=O)OCC1c2ccccc2-c2ccccc21. The molecule has 1 aliphatic rings.